The molecule has 1 N–H and O–H groups in total. The first-order chi connectivity index (χ1) is 9.14. The summed E-state index contributed by atoms with van der Waals surface area (Å²) < 4.78 is 6.34. The van der Waals surface area contributed by atoms with E-state index in [1.54, 1.807) is 0 Å². The third kappa shape index (κ3) is 3.06. The Labute approximate surface area is 121 Å². The molecular formula is C16H24ClNO. The summed E-state index contributed by atoms with van der Waals surface area (Å²) in [5, 5.41) is 4.36. The van der Waals surface area contributed by atoms with Crippen LogP contribution in [-0.2, 0) is 0 Å². The second kappa shape index (κ2) is 6.15. The Balaban J connectivity index is 2.37. The monoisotopic (exact) mass is 281 g/mol. The first-order valence-corrected chi connectivity index (χ1v) is 7.73. The lowest BCUT2D eigenvalue weighted by atomic mass is 9.82. The first kappa shape index (κ1) is 14.7. The largest absolute Gasteiger partial charge is 0.487 e. The van der Waals surface area contributed by atoms with E-state index in [1.807, 2.05) is 18.2 Å². The van der Waals surface area contributed by atoms with E-state index in [4.69, 9.17) is 16.3 Å². The molecular weight excluding hydrogens is 258 g/mol. The summed E-state index contributed by atoms with van der Waals surface area (Å²) in [5.41, 5.74) is 1.18. The van der Waals surface area contributed by atoms with Crippen LogP contribution < -0.4 is 10.1 Å². The molecule has 0 bridgehead atoms. The van der Waals surface area contributed by atoms with Crippen molar-refractivity contribution in [2.24, 2.45) is 0 Å². The average Bonchev–Trinajstić information content (AvgIpc) is 2.40. The molecule has 1 aliphatic rings. The van der Waals surface area contributed by atoms with Crippen molar-refractivity contribution < 1.29 is 4.74 Å². The standard InChI is InChI=1S/C16H24ClNO/c1-4-9-16(5-2)11-14(18-6-3)13-10-12(17)7-8-15(13)19-16/h7-8,10,14,18H,4-6,9,11H2,1-3H3. The molecule has 0 saturated heterocycles. The number of benzene rings is 1. The van der Waals surface area contributed by atoms with Crippen LogP contribution in [0.5, 0.6) is 5.75 Å². The lowest BCUT2D eigenvalue weighted by molar-refractivity contribution is 0.0180. The Hall–Kier alpha value is -0.730. The van der Waals surface area contributed by atoms with Gasteiger partial charge in [0.2, 0.25) is 0 Å². The van der Waals surface area contributed by atoms with E-state index in [2.05, 4.69) is 26.1 Å². The van der Waals surface area contributed by atoms with Gasteiger partial charge in [-0.1, -0.05) is 38.8 Å². The predicted octanol–water partition coefficient (Wildman–Crippen LogP) is 4.72. The van der Waals surface area contributed by atoms with E-state index < -0.39 is 0 Å². The van der Waals surface area contributed by atoms with Crippen molar-refractivity contribution in [3.05, 3.63) is 28.8 Å². The van der Waals surface area contributed by atoms with Gasteiger partial charge in [0.25, 0.3) is 0 Å². The first-order valence-electron chi connectivity index (χ1n) is 7.36. The fraction of sp³-hybridized carbons (Fsp3) is 0.625. The normalized spacial score (nSPS) is 25.8. The number of hydrogen-bond acceptors (Lipinski definition) is 2. The molecule has 0 fully saturated rings. The van der Waals surface area contributed by atoms with Crippen LogP contribution in [0.15, 0.2) is 18.2 Å². The maximum atomic E-state index is 6.34. The van der Waals surface area contributed by atoms with Gasteiger partial charge >= 0.3 is 0 Å². The second-order valence-corrected chi connectivity index (χ2v) is 5.82. The molecule has 2 unspecified atom stereocenters. The molecule has 0 aliphatic carbocycles. The number of rotatable bonds is 5. The quantitative estimate of drug-likeness (QED) is 0.843. The summed E-state index contributed by atoms with van der Waals surface area (Å²) >= 11 is 6.12. The third-order valence-corrected chi connectivity index (χ3v) is 4.29. The highest BCUT2D eigenvalue weighted by molar-refractivity contribution is 6.30. The minimum Gasteiger partial charge on any atom is -0.487 e. The van der Waals surface area contributed by atoms with Crippen molar-refractivity contribution in [3.8, 4) is 5.75 Å². The van der Waals surface area contributed by atoms with Crippen LogP contribution in [-0.4, -0.2) is 12.1 Å². The fourth-order valence-electron chi connectivity index (χ4n) is 3.07. The summed E-state index contributed by atoms with van der Waals surface area (Å²) in [6.45, 7) is 7.55. The van der Waals surface area contributed by atoms with Crippen LogP contribution in [0.3, 0.4) is 0 Å². The molecule has 2 nitrogen and oxygen atoms in total. The molecule has 106 valence electrons. The summed E-state index contributed by atoms with van der Waals surface area (Å²) in [5.74, 6) is 0.997. The maximum Gasteiger partial charge on any atom is 0.125 e. The molecule has 1 aromatic carbocycles. The highest BCUT2D eigenvalue weighted by atomic mass is 35.5. The fourth-order valence-corrected chi connectivity index (χ4v) is 3.25. The Morgan fingerprint density at radius 2 is 2.16 bits per heavy atom. The van der Waals surface area contributed by atoms with Gasteiger partial charge in [0, 0.05) is 23.0 Å². The molecule has 1 heterocycles. The van der Waals surface area contributed by atoms with Crippen molar-refractivity contribution in [1.82, 2.24) is 5.32 Å². The maximum absolute atomic E-state index is 6.34. The van der Waals surface area contributed by atoms with Gasteiger partial charge in [-0.05, 0) is 37.6 Å². The Morgan fingerprint density at radius 3 is 2.79 bits per heavy atom. The van der Waals surface area contributed by atoms with Gasteiger partial charge in [0.1, 0.15) is 11.4 Å². The molecule has 1 aliphatic heterocycles. The minimum absolute atomic E-state index is 0.0254. The van der Waals surface area contributed by atoms with Gasteiger partial charge in [0.05, 0.1) is 0 Å². The lowest BCUT2D eigenvalue weighted by Gasteiger charge is -2.42. The van der Waals surface area contributed by atoms with Crippen molar-refractivity contribution in [2.75, 3.05) is 6.54 Å². The molecule has 0 saturated carbocycles. The molecule has 0 aromatic heterocycles. The van der Waals surface area contributed by atoms with Gasteiger partial charge in [-0.25, -0.2) is 0 Å². The van der Waals surface area contributed by atoms with Gasteiger partial charge in [-0.3, -0.25) is 0 Å². The number of hydrogen-bond donors (Lipinski definition) is 1. The number of fused-ring (bicyclic) bond motifs is 1. The molecule has 3 heteroatoms. The van der Waals surface area contributed by atoms with Crippen LogP contribution in [0.1, 0.15) is 58.1 Å². The zero-order chi connectivity index (χ0) is 13.9. The highest BCUT2D eigenvalue weighted by Gasteiger charge is 2.38. The topological polar surface area (TPSA) is 21.3 Å². The third-order valence-electron chi connectivity index (χ3n) is 4.05. The van der Waals surface area contributed by atoms with E-state index in [9.17, 15) is 0 Å². The predicted molar refractivity (Wildman–Crippen MR) is 81.0 cm³/mol. The van der Waals surface area contributed by atoms with E-state index in [0.717, 1.165) is 43.0 Å². The van der Waals surface area contributed by atoms with E-state index in [-0.39, 0.29) is 5.60 Å². The molecule has 0 radical (unpaired) electrons. The smallest absolute Gasteiger partial charge is 0.125 e. The van der Waals surface area contributed by atoms with E-state index in [1.165, 1.54) is 5.56 Å². The zero-order valence-corrected chi connectivity index (χ0v) is 12.9. The SMILES string of the molecule is CCCC1(CC)CC(NCC)c2cc(Cl)ccc2O1. The highest BCUT2D eigenvalue weighted by Crippen LogP contribution is 2.44. The van der Waals surface area contributed by atoms with Gasteiger partial charge in [-0.2, -0.15) is 0 Å². The molecule has 19 heavy (non-hydrogen) atoms. The molecule has 0 amide bonds. The Kier molecular flexibility index (Phi) is 4.75. The van der Waals surface area contributed by atoms with E-state index >= 15 is 0 Å². The zero-order valence-electron chi connectivity index (χ0n) is 12.1. The number of halogens is 1. The summed E-state index contributed by atoms with van der Waals surface area (Å²) in [7, 11) is 0. The summed E-state index contributed by atoms with van der Waals surface area (Å²) in [4.78, 5) is 0. The Morgan fingerprint density at radius 1 is 1.37 bits per heavy atom. The van der Waals surface area contributed by atoms with Crippen LogP contribution in [0.2, 0.25) is 5.02 Å². The number of nitrogens with one attached hydrogen (secondary N) is 1. The molecule has 2 rings (SSSR count). The van der Waals surface area contributed by atoms with E-state index in [0.29, 0.717) is 6.04 Å². The van der Waals surface area contributed by atoms with Crippen molar-refractivity contribution in [2.45, 2.75) is 58.1 Å². The summed E-state index contributed by atoms with van der Waals surface area (Å²) in [6, 6.07) is 6.32. The van der Waals surface area contributed by atoms with Gasteiger partial charge < -0.3 is 10.1 Å². The minimum atomic E-state index is -0.0254. The number of ether oxygens (including phenoxy) is 1. The van der Waals surface area contributed by atoms with Gasteiger partial charge in [-0.15, -0.1) is 0 Å². The van der Waals surface area contributed by atoms with Crippen molar-refractivity contribution in [3.63, 3.8) is 0 Å². The Bertz CT molecular complexity index is 435. The average molecular weight is 282 g/mol. The van der Waals surface area contributed by atoms with Crippen LogP contribution in [0.25, 0.3) is 0 Å². The summed E-state index contributed by atoms with van der Waals surface area (Å²) in [6.07, 6.45) is 4.33. The second-order valence-electron chi connectivity index (χ2n) is 5.39. The molecule has 2 atom stereocenters. The molecule has 0 spiro atoms. The van der Waals surface area contributed by atoms with Gasteiger partial charge in [0.15, 0.2) is 0 Å². The lowest BCUT2D eigenvalue weighted by Crippen LogP contribution is -2.43. The van der Waals surface area contributed by atoms with Crippen LogP contribution in [0, 0.1) is 0 Å². The molecule has 1 aromatic rings. The van der Waals surface area contributed by atoms with Crippen molar-refractivity contribution in [1.29, 1.82) is 0 Å². The van der Waals surface area contributed by atoms with Crippen LogP contribution >= 0.6 is 11.6 Å². The van der Waals surface area contributed by atoms with Crippen LogP contribution in [0.4, 0.5) is 0 Å². The van der Waals surface area contributed by atoms with Crippen molar-refractivity contribution >= 4 is 11.6 Å².